The highest BCUT2D eigenvalue weighted by molar-refractivity contribution is 5.36. The third-order valence-electron chi connectivity index (χ3n) is 2.21. The van der Waals surface area contributed by atoms with Crippen LogP contribution in [0.3, 0.4) is 0 Å². The predicted octanol–water partition coefficient (Wildman–Crippen LogP) is 3.31. The molecule has 0 aromatic heterocycles. The molecule has 0 saturated carbocycles. The molecule has 0 bridgehead atoms. The largest absolute Gasteiger partial charge is 0.316 e. The van der Waals surface area contributed by atoms with Crippen LogP contribution in [0.5, 0.6) is 0 Å². The number of hydrogen-bond acceptors (Lipinski definition) is 1. The van der Waals surface area contributed by atoms with Gasteiger partial charge in [-0.3, -0.25) is 0 Å². The van der Waals surface area contributed by atoms with Crippen molar-refractivity contribution in [1.29, 1.82) is 0 Å². The Morgan fingerprint density at radius 3 is 2.14 bits per heavy atom. The fourth-order valence-corrected chi connectivity index (χ4v) is 1.26. The zero-order chi connectivity index (χ0) is 11.4. The molecule has 0 fully saturated rings. The van der Waals surface area contributed by atoms with E-state index >= 15 is 0 Å². The summed E-state index contributed by atoms with van der Waals surface area (Å²) in [6.07, 6.45) is 2.10. The maximum absolute atomic E-state index is 4.11. The fraction of sp³-hybridized carbons (Fsp3) is 0.538. The molecule has 0 amide bonds. The van der Waals surface area contributed by atoms with Crippen LogP contribution in [0, 0.1) is 5.41 Å². The highest BCUT2D eigenvalue weighted by Crippen LogP contribution is 2.29. The number of likely N-dealkylation sites (N-methyl/N-ethyl adjacent to an activating group) is 1. The molecule has 0 spiro atoms. The third kappa shape index (κ3) is 4.43. The zero-order valence-electron chi connectivity index (χ0n) is 10.2. The van der Waals surface area contributed by atoms with Crippen LogP contribution in [0.15, 0.2) is 36.0 Å². The second-order valence-electron chi connectivity index (χ2n) is 4.74. The first-order chi connectivity index (χ1) is 6.29. The van der Waals surface area contributed by atoms with Crippen molar-refractivity contribution >= 4 is 0 Å². The molecule has 0 aromatic carbocycles. The summed E-state index contributed by atoms with van der Waals surface area (Å²) in [5, 5.41) is 3.08. The van der Waals surface area contributed by atoms with Crippen molar-refractivity contribution in [3.63, 3.8) is 0 Å². The van der Waals surface area contributed by atoms with E-state index < -0.39 is 0 Å². The summed E-state index contributed by atoms with van der Waals surface area (Å²) >= 11 is 0. The normalized spacial score (nSPS) is 12.8. The molecule has 0 aliphatic rings. The maximum atomic E-state index is 4.11. The van der Waals surface area contributed by atoms with Crippen molar-refractivity contribution in [3.05, 3.63) is 36.0 Å². The Morgan fingerprint density at radius 2 is 1.79 bits per heavy atom. The third-order valence-corrected chi connectivity index (χ3v) is 2.21. The van der Waals surface area contributed by atoms with E-state index in [-0.39, 0.29) is 5.41 Å². The van der Waals surface area contributed by atoms with Crippen molar-refractivity contribution in [3.8, 4) is 0 Å². The van der Waals surface area contributed by atoms with E-state index in [0.717, 1.165) is 12.1 Å². The van der Waals surface area contributed by atoms with Gasteiger partial charge in [-0.1, -0.05) is 40.0 Å². The first kappa shape index (κ1) is 13.2. The predicted molar refractivity (Wildman–Crippen MR) is 65.4 cm³/mol. The van der Waals surface area contributed by atoms with Crippen molar-refractivity contribution in [1.82, 2.24) is 5.32 Å². The maximum Gasteiger partial charge on any atom is 0.0196 e. The summed E-state index contributed by atoms with van der Waals surface area (Å²) in [6.45, 7) is 17.5. The molecular weight excluding hydrogens is 170 g/mol. The van der Waals surface area contributed by atoms with Gasteiger partial charge in [-0.25, -0.2) is 0 Å². The number of allylic oxidation sites excluding steroid dienone is 2. The smallest absolute Gasteiger partial charge is 0.0196 e. The van der Waals surface area contributed by atoms with Gasteiger partial charge in [0, 0.05) is 6.54 Å². The second kappa shape index (κ2) is 5.16. The van der Waals surface area contributed by atoms with E-state index in [0.29, 0.717) is 0 Å². The Bertz CT molecular complexity index is 251. The van der Waals surface area contributed by atoms with Gasteiger partial charge in [-0.2, -0.15) is 0 Å². The van der Waals surface area contributed by atoms with E-state index in [2.05, 4.69) is 52.2 Å². The Hall–Kier alpha value is -0.820. The minimum Gasteiger partial charge on any atom is -0.316 e. The van der Waals surface area contributed by atoms with Crippen LogP contribution in [0.1, 0.15) is 27.7 Å². The molecule has 1 N–H and O–H groups in total. The molecule has 1 nitrogen and oxygen atoms in total. The molecule has 0 heterocycles. The summed E-state index contributed by atoms with van der Waals surface area (Å²) in [4.78, 5) is 0. The Morgan fingerprint density at radius 1 is 1.29 bits per heavy atom. The first-order valence-corrected chi connectivity index (χ1v) is 4.99. The number of hydrogen-bond donors (Lipinski definition) is 1. The van der Waals surface area contributed by atoms with Gasteiger partial charge in [0.1, 0.15) is 0 Å². The molecular formula is C13H23N. The molecule has 0 saturated heterocycles. The van der Waals surface area contributed by atoms with Crippen LogP contribution in [-0.4, -0.2) is 13.6 Å². The lowest BCUT2D eigenvalue weighted by Crippen LogP contribution is -2.11. The Kier molecular flexibility index (Phi) is 4.86. The molecule has 0 aromatic rings. The Balaban J connectivity index is 4.54. The van der Waals surface area contributed by atoms with Crippen molar-refractivity contribution in [2.24, 2.45) is 5.41 Å². The quantitative estimate of drug-likeness (QED) is 0.675. The second-order valence-corrected chi connectivity index (χ2v) is 4.74. The highest BCUT2D eigenvalue weighted by atomic mass is 14.8. The van der Waals surface area contributed by atoms with Crippen LogP contribution in [-0.2, 0) is 0 Å². The number of rotatable bonds is 4. The van der Waals surface area contributed by atoms with Crippen LogP contribution in [0.25, 0.3) is 0 Å². The Labute approximate surface area is 88.6 Å². The van der Waals surface area contributed by atoms with E-state index in [1.54, 1.807) is 0 Å². The fourth-order valence-electron chi connectivity index (χ4n) is 1.26. The molecule has 0 aliphatic carbocycles. The van der Waals surface area contributed by atoms with Gasteiger partial charge >= 0.3 is 0 Å². The lowest BCUT2D eigenvalue weighted by Gasteiger charge is -2.22. The zero-order valence-corrected chi connectivity index (χ0v) is 10.2. The molecule has 14 heavy (non-hydrogen) atoms. The van der Waals surface area contributed by atoms with E-state index in [9.17, 15) is 0 Å². The highest BCUT2D eigenvalue weighted by Gasteiger charge is 2.15. The molecule has 0 aliphatic heterocycles. The molecule has 80 valence electrons. The summed E-state index contributed by atoms with van der Waals surface area (Å²) in [5.74, 6) is 0. The van der Waals surface area contributed by atoms with Crippen LogP contribution in [0.2, 0.25) is 0 Å². The van der Waals surface area contributed by atoms with Gasteiger partial charge in [0.05, 0.1) is 0 Å². The van der Waals surface area contributed by atoms with Gasteiger partial charge in [-0.05, 0) is 36.1 Å². The minimum absolute atomic E-state index is 0.139. The summed E-state index contributed by atoms with van der Waals surface area (Å²) < 4.78 is 0. The molecule has 0 atom stereocenters. The topological polar surface area (TPSA) is 12.0 Å². The van der Waals surface area contributed by atoms with Crippen molar-refractivity contribution in [2.45, 2.75) is 27.7 Å². The standard InChI is InChI=1S/C13H23N/c1-10(9-14-7)8-11(2)12(3)13(4,5)6/h8,14H,1,3,9H2,2,4-7H3/b11-8-. The average Bonchev–Trinajstić information content (AvgIpc) is 2.01. The van der Waals surface area contributed by atoms with Crippen LogP contribution in [0.4, 0.5) is 0 Å². The molecule has 0 radical (unpaired) electrons. The lowest BCUT2D eigenvalue weighted by molar-refractivity contribution is 0.512. The first-order valence-electron chi connectivity index (χ1n) is 4.99. The van der Waals surface area contributed by atoms with E-state index in [4.69, 9.17) is 0 Å². The van der Waals surface area contributed by atoms with Gasteiger partial charge in [0.25, 0.3) is 0 Å². The monoisotopic (exact) mass is 193 g/mol. The summed E-state index contributed by atoms with van der Waals surface area (Å²) in [5.41, 5.74) is 3.63. The molecule has 0 rings (SSSR count). The molecule has 0 unspecified atom stereocenters. The van der Waals surface area contributed by atoms with Gasteiger partial charge in [-0.15, -0.1) is 0 Å². The minimum atomic E-state index is 0.139. The SMILES string of the molecule is C=C(/C=C(/C)C(=C)C(C)(C)C)CNC. The van der Waals surface area contributed by atoms with Crippen molar-refractivity contribution < 1.29 is 0 Å². The summed E-state index contributed by atoms with van der Waals surface area (Å²) in [6, 6.07) is 0. The lowest BCUT2D eigenvalue weighted by atomic mass is 9.83. The summed E-state index contributed by atoms with van der Waals surface area (Å²) in [7, 11) is 1.92. The van der Waals surface area contributed by atoms with Gasteiger partial charge in [0.2, 0.25) is 0 Å². The molecule has 1 heteroatoms. The average molecular weight is 193 g/mol. The number of nitrogens with one attached hydrogen (secondary N) is 1. The van der Waals surface area contributed by atoms with Gasteiger partial charge in [0.15, 0.2) is 0 Å². The van der Waals surface area contributed by atoms with Crippen LogP contribution >= 0.6 is 0 Å². The van der Waals surface area contributed by atoms with E-state index in [1.807, 2.05) is 7.05 Å². The van der Waals surface area contributed by atoms with Gasteiger partial charge < -0.3 is 5.32 Å². The van der Waals surface area contributed by atoms with Crippen LogP contribution < -0.4 is 5.32 Å². The van der Waals surface area contributed by atoms with E-state index in [1.165, 1.54) is 11.1 Å². The van der Waals surface area contributed by atoms with Crippen molar-refractivity contribution in [2.75, 3.05) is 13.6 Å².